The Labute approximate surface area is 246 Å². The maximum Gasteiger partial charge on any atom is 0.0450 e. The fourth-order valence-electron chi connectivity index (χ4n) is 5.66. The highest BCUT2D eigenvalue weighted by Gasteiger charge is 1.97. The van der Waals surface area contributed by atoms with Crippen LogP contribution in [0.5, 0.6) is 0 Å². The number of rotatable bonds is 30. The van der Waals surface area contributed by atoms with Crippen molar-refractivity contribution in [3.05, 3.63) is 35.7 Å². The molecule has 1 aromatic rings. The van der Waals surface area contributed by atoms with Gasteiger partial charge in [-0.15, -0.1) is 0 Å². The van der Waals surface area contributed by atoms with E-state index in [2.05, 4.69) is 55.4 Å². The van der Waals surface area contributed by atoms with Crippen molar-refractivity contribution in [3.63, 3.8) is 0 Å². The van der Waals surface area contributed by atoms with Gasteiger partial charge in [0.05, 0.1) is 0 Å². The second kappa shape index (κ2) is 29.7. The van der Waals surface area contributed by atoms with Crippen LogP contribution in [-0.4, -0.2) is 4.98 Å². The Morgan fingerprint density at radius 2 is 0.769 bits per heavy atom. The molecule has 1 nitrogen and oxygen atoms in total. The van der Waals surface area contributed by atoms with Crippen LogP contribution in [0.1, 0.15) is 205 Å². The third-order valence-corrected chi connectivity index (χ3v) is 8.34. The summed E-state index contributed by atoms with van der Waals surface area (Å²) in [5.74, 6) is 0. The summed E-state index contributed by atoms with van der Waals surface area (Å²) in [5, 5.41) is 0. The van der Waals surface area contributed by atoms with E-state index in [1.54, 1.807) is 0 Å². The van der Waals surface area contributed by atoms with Gasteiger partial charge >= 0.3 is 0 Å². The molecular formula is C38H69N. The second-order valence-electron chi connectivity index (χ2n) is 12.2. The van der Waals surface area contributed by atoms with Crippen LogP contribution >= 0.6 is 0 Å². The van der Waals surface area contributed by atoms with Gasteiger partial charge in [0.1, 0.15) is 0 Å². The number of hydrogen-bond acceptors (Lipinski definition) is 0. The molecule has 1 rings (SSSR count). The van der Waals surface area contributed by atoms with Crippen molar-refractivity contribution < 1.29 is 0 Å². The summed E-state index contributed by atoms with van der Waals surface area (Å²) < 4.78 is 0. The monoisotopic (exact) mass is 540 g/mol. The summed E-state index contributed by atoms with van der Waals surface area (Å²) in [4.78, 5) is 3.42. The van der Waals surface area contributed by atoms with Crippen LogP contribution in [0.15, 0.2) is 24.4 Å². The summed E-state index contributed by atoms with van der Waals surface area (Å²) >= 11 is 0. The van der Waals surface area contributed by atoms with E-state index in [9.17, 15) is 0 Å². The van der Waals surface area contributed by atoms with Crippen LogP contribution in [0.3, 0.4) is 0 Å². The molecule has 0 atom stereocenters. The van der Waals surface area contributed by atoms with Crippen molar-refractivity contribution in [2.75, 3.05) is 0 Å². The number of unbranched alkanes of at least 4 members (excludes halogenated alkanes) is 26. The fraction of sp³-hybridized carbons (Fsp3) is 0.789. The van der Waals surface area contributed by atoms with Crippen LogP contribution in [0.25, 0.3) is 12.2 Å². The van der Waals surface area contributed by atoms with Crippen molar-refractivity contribution in [1.29, 1.82) is 0 Å². The predicted molar refractivity (Wildman–Crippen MR) is 179 cm³/mol. The van der Waals surface area contributed by atoms with E-state index in [4.69, 9.17) is 0 Å². The molecule has 0 aliphatic carbocycles. The molecule has 0 saturated heterocycles. The molecule has 0 aliphatic heterocycles. The molecule has 0 amide bonds. The van der Waals surface area contributed by atoms with Gasteiger partial charge in [-0.3, -0.25) is 0 Å². The average Bonchev–Trinajstić information content (AvgIpc) is 3.40. The maximum atomic E-state index is 3.42. The fourth-order valence-corrected chi connectivity index (χ4v) is 5.66. The van der Waals surface area contributed by atoms with Crippen LogP contribution in [0.4, 0.5) is 0 Å². The molecule has 1 heteroatoms. The van der Waals surface area contributed by atoms with E-state index in [1.807, 2.05) is 0 Å². The van der Waals surface area contributed by atoms with Crippen molar-refractivity contribution in [2.24, 2.45) is 0 Å². The Hall–Kier alpha value is -1.24. The highest BCUT2D eigenvalue weighted by atomic mass is 14.7. The summed E-state index contributed by atoms with van der Waals surface area (Å²) in [5.41, 5.74) is 2.61. The lowest BCUT2D eigenvalue weighted by atomic mass is 10.0. The molecule has 0 radical (unpaired) electrons. The molecule has 1 heterocycles. The van der Waals surface area contributed by atoms with Gasteiger partial charge in [0.15, 0.2) is 0 Å². The van der Waals surface area contributed by atoms with Gasteiger partial charge in [0.25, 0.3) is 0 Å². The zero-order valence-electron chi connectivity index (χ0n) is 26.8. The number of H-pyrrole nitrogens is 1. The largest absolute Gasteiger partial charge is 0.361 e. The van der Waals surface area contributed by atoms with Gasteiger partial charge in [-0.2, -0.15) is 0 Å². The predicted octanol–water partition coefficient (Wildman–Crippen LogP) is 14.0. The van der Waals surface area contributed by atoms with Gasteiger partial charge in [-0.05, 0) is 43.4 Å². The van der Waals surface area contributed by atoms with Gasteiger partial charge < -0.3 is 4.98 Å². The Kier molecular flexibility index (Phi) is 27.3. The second-order valence-corrected chi connectivity index (χ2v) is 12.2. The minimum atomic E-state index is 1.21. The van der Waals surface area contributed by atoms with Gasteiger partial charge in [0.2, 0.25) is 0 Å². The maximum absolute atomic E-state index is 3.42. The first-order valence-corrected chi connectivity index (χ1v) is 17.9. The van der Waals surface area contributed by atoms with Crippen molar-refractivity contribution in [3.8, 4) is 0 Å². The first kappa shape index (κ1) is 35.8. The summed E-state index contributed by atoms with van der Waals surface area (Å²) in [6.07, 6.45) is 51.0. The molecule has 1 aromatic heterocycles. The van der Waals surface area contributed by atoms with Crippen LogP contribution < -0.4 is 0 Å². The van der Waals surface area contributed by atoms with E-state index in [0.717, 1.165) is 0 Å². The molecule has 1 N–H and O–H groups in total. The third-order valence-electron chi connectivity index (χ3n) is 8.34. The molecule has 226 valence electrons. The average molecular weight is 540 g/mol. The minimum absolute atomic E-state index is 1.21. The first-order valence-electron chi connectivity index (χ1n) is 17.9. The Morgan fingerprint density at radius 1 is 0.436 bits per heavy atom. The van der Waals surface area contributed by atoms with E-state index in [0.29, 0.717) is 0 Å². The highest BCUT2D eigenvalue weighted by Crippen LogP contribution is 2.16. The molecule has 0 spiro atoms. The van der Waals surface area contributed by atoms with Gasteiger partial charge in [-0.25, -0.2) is 0 Å². The molecule has 0 unspecified atom stereocenters. The lowest BCUT2D eigenvalue weighted by Crippen LogP contribution is -1.83. The van der Waals surface area contributed by atoms with Crippen molar-refractivity contribution in [1.82, 2.24) is 4.98 Å². The van der Waals surface area contributed by atoms with E-state index >= 15 is 0 Å². The van der Waals surface area contributed by atoms with E-state index < -0.39 is 0 Å². The molecule has 0 aliphatic rings. The SMILES string of the molecule is CCCCCCCCCCCCCCC/C=C/c1cc[nH]c1/C=C/CCCCCCCCCCCCCCC. The highest BCUT2D eigenvalue weighted by molar-refractivity contribution is 5.62. The number of aromatic amines is 1. The summed E-state index contributed by atoms with van der Waals surface area (Å²) in [7, 11) is 0. The van der Waals surface area contributed by atoms with Crippen LogP contribution in [0.2, 0.25) is 0 Å². The van der Waals surface area contributed by atoms with Crippen molar-refractivity contribution in [2.45, 2.75) is 194 Å². The molecular weight excluding hydrogens is 470 g/mol. The molecule has 0 bridgehead atoms. The van der Waals surface area contributed by atoms with Crippen molar-refractivity contribution >= 4 is 12.2 Å². The first-order chi connectivity index (χ1) is 19.4. The van der Waals surface area contributed by atoms with Gasteiger partial charge in [-0.1, -0.05) is 186 Å². The van der Waals surface area contributed by atoms with E-state index in [-0.39, 0.29) is 0 Å². The Bertz CT molecular complexity index is 597. The van der Waals surface area contributed by atoms with Gasteiger partial charge in [0, 0.05) is 11.9 Å². The lowest BCUT2D eigenvalue weighted by molar-refractivity contribution is 0.540. The lowest BCUT2D eigenvalue weighted by Gasteiger charge is -2.02. The van der Waals surface area contributed by atoms with Crippen LogP contribution in [-0.2, 0) is 0 Å². The number of nitrogens with one attached hydrogen (secondary N) is 1. The Morgan fingerprint density at radius 3 is 1.15 bits per heavy atom. The number of hydrogen-bond donors (Lipinski definition) is 1. The number of aromatic nitrogens is 1. The Balaban J connectivity index is 1.92. The molecule has 0 aromatic carbocycles. The normalized spacial score (nSPS) is 11.9. The molecule has 0 fully saturated rings. The van der Waals surface area contributed by atoms with Crippen LogP contribution in [0, 0.1) is 0 Å². The zero-order chi connectivity index (χ0) is 27.9. The minimum Gasteiger partial charge on any atom is -0.361 e. The summed E-state index contributed by atoms with van der Waals surface area (Å²) in [6, 6.07) is 2.21. The quantitative estimate of drug-likeness (QED) is 0.0935. The summed E-state index contributed by atoms with van der Waals surface area (Å²) in [6.45, 7) is 4.60. The zero-order valence-corrected chi connectivity index (χ0v) is 26.8. The topological polar surface area (TPSA) is 15.8 Å². The smallest absolute Gasteiger partial charge is 0.0450 e. The standard InChI is InChI=1S/C38H69N/c1-3-5-7-9-11-13-15-17-19-21-23-25-27-29-31-33-37-35-36-39-38(37)34-32-30-28-26-24-22-20-18-16-14-12-10-8-6-4-2/h31-36,39H,3-30H2,1-2H3/b33-31+,34-32+. The number of allylic oxidation sites excluding steroid dienone is 2. The third kappa shape index (κ3) is 24.3. The molecule has 0 saturated carbocycles. The molecule has 39 heavy (non-hydrogen) atoms. The van der Waals surface area contributed by atoms with E-state index in [1.165, 1.54) is 191 Å².